The van der Waals surface area contributed by atoms with E-state index in [1.165, 1.54) is 0 Å². The summed E-state index contributed by atoms with van der Waals surface area (Å²) in [5, 5.41) is 0. The van der Waals surface area contributed by atoms with Crippen molar-refractivity contribution in [3.63, 3.8) is 0 Å². The van der Waals surface area contributed by atoms with E-state index >= 15 is 0 Å². The topological polar surface area (TPSA) is 52.6 Å². The summed E-state index contributed by atoms with van der Waals surface area (Å²) in [4.78, 5) is 0. The van der Waals surface area contributed by atoms with E-state index in [0.717, 1.165) is 0 Å². The molecule has 0 saturated heterocycles. The molecule has 0 N–H and O–H groups in total. The first kappa shape index (κ1) is 15.5. The molecule has 0 spiro atoms. The number of unbranched alkanes of at least 4 members (excludes halogenated alkanes) is 1. The van der Waals surface area contributed by atoms with Gasteiger partial charge in [-0.1, -0.05) is 0 Å². The summed E-state index contributed by atoms with van der Waals surface area (Å²) in [6, 6.07) is 0. The van der Waals surface area contributed by atoms with Crippen LogP contribution in [-0.2, 0) is 18.2 Å². The molecule has 0 aromatic carbocycles. The molecule has 14 heavy (non-hydrogen) atoms. The fraction of sp³-hybridized carbons (Fsp3) is 1.00. The van der Waals surface area contributed by atoms with Crippen molar-refractivity contribution in [1.29, 1.82) is 0 Å². The fourth-order valence-corrected chi connectivity index (χ4v) is 2.06. The van der Waals surface area contributed by atoms with Crippen molar-refractivity contribution in [2.24, 2.45) is 0 Å². The largest absolute Gasteiger partial charge is 0.380 e. The van der Waals surface area contributed by atoms with Gasteiger partial charge in [-0.2, -0.15) is 0 Å². The summed E-state index contributed by atoms with van der Waals surface area (Å²) < 4.78 is 30.3. The minimum Gasteiger partial charge on any atom is -0.306 e. The minimum absolute atomic E-state index is 0.127. The van der Waals surface area contributed by atoms with Gasteiger partial charge in [-0.3, -0.25) is 9.13 Å². The van der Waals surface area contributed by atoms with Crippen LogP contribution in [0.5, 0.6) is 0 Å². The molecule has 0 heterocycles. The van der Waals surface area contributed by atoms with Crippen molar-refractivity contribution in [3.05, 3.63) is 0 Å². The normalized spacial score (nSPS) is 13.1. The first-order chi connectivity index (χ1) is 6.21. The van der Waals surface area contributed by atoms with Crippen molar-refractivity contribution in [2.75, 3.05) is 13.2 Å². The lowest BCUT2D eigenvalue weighted by molar-refractivity contribution is 0.282. The van der Waals surface area contributed by atoms with Gasteiger partial charge in [-0.25, -0.2) is 0 Å². The van der Waals surface area contributed by atoms with Crippen LogP contribution >= 0.6 is 57.1 Å². The first-order valence-corrected chi connectivity index (χ1v) is 10.4. The van der Waals surface area contributed by atoms with Crippen LogP contribution in [0.1, 0.15) is 12.8 Å². The third kappa shape index (κ3) is 13.5. The van der Waals surface area contributed by atoms with Crippen molar-refractivity contribution in [2.45, 2.75) is 12.8 Å². The molecule has 0 radical (unpaired) electrons. The van der Waals surface area contributed by atoms with E-state index in [-0.39, 0.29) is 13.2 Å². The quantitative estimate of drug-likeness (QED) is 0.490. The molecular formula is C4H8Cl4O4P2. The maximum atomic E-state index is 10.6. The lowest BCUT2D eigenvalue weighted by atomic mass is 10.3. The Morgan fingerprint density at radius 3 is 1.29 bits per heavy atom. The number of hydrogen-bond acceptors (Lipinski definition) is 4. The summed E-state index contributed by atoms with van der Waals surface area (Å²) in [6.07, 6.45) is -5.91. The van der Waals surface area contributed by atoms with Gasteiger partial charge >= 0.3 is 12.1 Å². The Labute approximate surface area is 101 Å². The third-order valence-electron chi connectivity index (χ3n) is 1.02. The molecule has 0 aromatic heterocycles. The van der Waals surface area contributed by atoms with Gasteiger partial charge in [0, 0.05) is 0 Å². The second kappa shape index (κ2) is 6.98. The zero-order valence-electron chi connectivity index (χ0n) is 6.87. The second-order valence-electron chi connectivity index (χ2n) is 2.20. The number of halogens is 4. The van der Waals surface area contributed by atoms with Crippen molar-refractivity contribution in [1.82, 2.24) is 0 Å². The Hall–Kier alpha value is 1.54. The molecule has 0 aliphatic rings. The maximum Gasteiger partial charge on any atom is 0.380 e. The Kier molecular flexibility index (Phi) is 7.75. The highest BCUT2D eigenvalue weighted by atomic mass is 35.9. The van der Waals surface area contributed by atoms with Crippen molar-refractivity contribution < 1.29 is 18.2 Å². The Bertz CT molecular complexity index is 222. The van der Waals surface area contributed by atoms with Gasteiger partial charge in [0.1, 0.15) is 0 Å². The fourth-order valence-electron chi connectivity index (χ4n) is 0.546. The molecule has 0 fully saturated rings. The SMILES string of the molecule is O=P(Cl)(Cl)OCCCCOP(=O)(Cl)Cl. The van der Waals surface area contributed by atoms with E-state index in [2.05, 4.69) is 9.05 Å². The zero-order valence-corrected chi connectivity index (χ0v) is 11.7. The first-order valence-electron chi connectivity index (χ1n) is 3.48. The maximum absolute atomic E-state index is 10.6. The summed E-state index contributed by atoms with van der Waals surface area (Å²) >= 11 is 20.4. The smallest absolute Gasteiger partial charge is 0.306 e. The van der Waals surface area contributed by atoms with E-state index in [0.29, 0.717) is 12.8 Å². The standard InChI is InChI=1S/C4H8Cl4O4P2/c5-13(6,9)11-3-1-2-4-12-14(7,8)10/h1-4H2. The van der Waals surface area contributed by atoms with E-state index in [1.807, 2.05) is 0 Å². The third-order valence-corrected chi connectivity index (χ3v) is 3.16. The molecule has 0 atom stereocenters. The lowest BCUT2D eigenvalue weighted by Crippen LogP contribution is -1.92. The summed E-state index contributed by atoms with van der Waals surface area (Å²) in [5.41, 5.74) is 0. The van der Waals surface area contributed by atoms with Gasteiger partial charge in [-0.05, 0) is 57.8 Å². The molecule has 0 aliphatic heterocycles. The zero-order chi connectivity index (χ0) is 11.2. The van der Waals surface area contributed by atoms with Crippen LogP contribution < -0.4 is 0 Å². The van der Waals surface area contributed by atoms with Gasteiger partial charge in [0.2, 0.25) is 0 Å². The van der Waals surface area contributed by atoms with Crippen LogP contribution in [0.3, 0.4) is 0 Å². The average molecular weight is 324 g/mol. The molecule has 0 saturated carbocycles. The van der Waals surface area contributed by atoms with Gasteiger partial charge in [0.25, 0.3) is 0 Å². The molecule has 86 valence electrons. The molecular weight excluding hydrogens is 316 g/mol. The monoisotopic (exact) mass is 322 g/mol. The highest BCUT2D eigenvalue weighted by Crippen LogP contribution is 2.58. The summed E-state index contributed by atoms with van der Waals surface area (Å²) in [7, 11) is 0. The Morgan fingerprint density at radius 2 is 1.07 bits per heavy atom. The predicted molar refractivity (Wildman–Crippen MR) is 59.8 cm³/mol. The van der Waals surface area contributed by atoms with Gasteiger partial charge in [-0.15, -0.1) is 0 Å². The average Bonchev–Trinajstić information content (AvgIpc) is 1.92. The predicted octanol–water partition coefficient (Wildman–Crippen LogP) is 4.97. The highest BCUT2D eigenvalue weighted by Gasteiger charge is 2.15. The van der Waals surface area contributed by atoms with E-state index < -0.39 is 12.1 Å². The van der Waals surface area contributed by atoms with Crippen LogP contribution in [0.25, 0.3) is 0 Å². The van der Waals surface area contributed by atoms with Gasteiger partial charge < -0.3 is 9.05 Å². The van der Waals surface area contributed by atoms with Crippen molar-refractivity contribution in [3.8, 4) is 0 Å². The molecule has 0 amide bonds. The second-order valence-corrected chi connectivity index (χ2v) is 10.8. The minimum atomic E-state index is -3.45. The molecule has 0 unspecified atom stereocenters. The van der Waals surface area contributed by atoms with Crippen LogP contribution in [0, 0.1) is 0 Å². The van der Waals surface area contributed by atoms with E-state index in [4.69, 9.17) is 45.0 Å². The number of hydrogen-bond donors (Lipinski definition) is 0. The van der Waals surface area contributed by atoms with Crippen LogP contribution in [-0.4, -0.2) is 13.2 Å². The van der Waals surface area contributed by atoms with Gasteiger partial charge in [0.05, 0.1) is 13.2 Å². The Morgan fingerprint density at radius 1 is 0.786 bits per heavy atom. The summed E-state index contributed by atoms with van der Waals surface area (Å²) in [5.74, 6) is 0. The lowest BCUT2D eigenvalue weighted by Gasteiger charge is -2.05. The van der Waals surface area contributed by atoms with Crippen LogP contribution in [0.4, 0.5) is 0 Å². The van der Waals surface area contributed by atoms with E-state index in [9.17, 15) is 9.13 Å². The Balaban J connectivity index is 3.32. The molecule has 0 aromatic rings. The van der Waals surface area contributed by atoms with Crippen molar-refractivity contribution >= 4 is 57.1 Å². The molecule has 10 heteroatoms. The summed E-state index contributed by atoms with van der Waals surface area (Å²) in [6.45, 7) is 0.255. The highest BCUT2D eigenvalue weighted by molar-refractivity contribution is 8.05. The van der Waals surface area contributed by atoms with Crippen LogP contribution in [0.2, 0.25) is 0 Å². The molecule has 0 aliphatic carbocycles. The van der Waals surface area contributed by atoms with Gasteiger partial charge in [0.15, 0.2) is 0 Å². The molecule has 0 rings (SSSR count). The number of rotatable bonds is 7. The van der Waals surface area contributed by atoms with Crippen LogP contribution in [0.15, 0.2) is 0 Å². The molecule has 0 bridgehead atoms. The molecule has 4 nitrogen and oxygen atoms in total. The van der Waals surface area contributed by atoms with E-state index in [1.54, 1.807) is 0 Å².